The highest BCUT2D eigenvalue weighted by molar-refractivity contribution is 5.84. The lowest BCUT2D eigenvalue weighted by Crippen LogP contribution is -2.15. The van der Waals surface area contributed by atoms with Gasteiger partial charge in [0.15, 0.2) is 18.3 Å². The Morgan fingerprint density at radius 1 is 1.33 bits per heavy atom. The predicted molar refractivity (Wildman–Crippen MR) is 58.6 cm³/mol. The van der Waals surface area contributed by atoms with Gasteiger partial charge in [-0.1, -0.05) is 12.1 Å². The molecule has 0 saturated heterocycles. The first-order valence-electron chi connectivity index (χ1n) is 4.91. The van der Waals surface area contributed by atoms with E-state index in [4.69, 9.17) is 4.74 Å². The molecule has 0 aromatic heterocycles. The van der Waals surface area contributed by atoms with Crippen LogP contribution in [0.4, 0.5) is 5.69 Å². The fourth-order valence-corrected chi connectivity index (χ4v) is 1.73. The van der Waals surface area contributed by atoms with Gasteiger partial charge < -0.3 is 4.74 Å². The molecule has 1 atom stereocenters. The fraction of sp³-hybridized carbons (Fsp3) is 0.333. The summed E-state index contributed by atoms with van der Waals surface area (Å²) in [5.74, 6) is 0.549. The minimum Gasteiger partial charge on any atom is -0.465 e. The second-order valence-corrected chi connectivity index (χ2v) is 3.75. The molecule has 0 fully saturated rings. The summed E-state index contributed by atoms with van der Waals surface area (Å²) in [6.45, 7) is 5.81. The summed E-state index contributed by atoms with van der Waals surface area (Å²) in [7, 11) is 0. The van der Waals surface area contributed by atoms with Crippen molar-refractivity contribution in [1.82, 2.24) is 0 Å². The van der Waals surface area contributed by atoms with Crippen molar-refractivity contribution >= 4 is 17.9 Å². The van der Waals surface area contributed by atoms with Crippen LogP contribution in [0.2, 0.25) is 0 Å². The molecule has 15 heavy (non-hydrogen) atoms. The van der Waals surface area contributed by atoms with Crippen LogP contribution in [0, 0.1) is 13.8 Å². The highest BCUT2D eigenvalue weighted by Crippen LogP contribution is 2.35. The van der Waals surface area contributed by atoms with Gasteiger partial charge in [0.05, 0.1) is 5.69 Å². The van der Waals surface area contributed by atoms with Crippen molar-refractivity contribution in [2.75, 3.05) is 0 Å². The van der Waals surface area contributed by atoms with Crippen molar-refractivity contribution in [3.63, 3.8) is 0 Å². The number of hydrogen-bond acceptors (Lipinski definition) is 3. The lowest BCUT2D eigenvalue weighted by Gasteiger charge is -2.22. The number of nitrogens with zero attached hydrogens (tertiary/aromatic N) is 1. The van der Waals surface area contributed by atoms with Crippen LogP contribution in [0.5, 0.6) is 0 Å². The molecule has 1 aliphatic rings. The van der Waals surface area contributed by atoms with E-state index in [1.54, 1.807) is 6.92 Å². The average molecular weight is 203 g/mol. The molecule has 1 aliphatic heterocycles. The van der Waals surface area contributed by atoms with Crippen molar-refractivity contribution in [1.29, 1.82) is 0 Å². The zero-order chi connectivity index (χ0) is 11.0. The van der Waals surface area contributed by atoms with Gasteiger partial charge in [0, 0.05) is 12.5 Å². The molecule has 0 radical (unpaired) electrons. The molecule has 0 bridgehead atoms. The molecule has 3 nitrogen and oxygen atoms in total. The van der Waals surface area contributed by atoms with E-state index in [9.17, 15) is 4.79 Å². The van der Waals surface area contributed by atoms with Gasteiger partial charge >= 0.3 is 0 Å². The second kappa shape index (κ2) is 3.50. The molecule has 1 aromatic rings. The third kappa shape index (κ3) is 1.54. The van der Waals surface area contributed by atoms with Crippen LogP contribution >= 0.6 is 0 Å². The normalized spacial score (nSPS) is 18.9. The van der Waals surface area contributed by atoms with Gasteiger partial charge in [0.2, 0.25) is 0 Å². The Bertz CT molecular complexity index is 449. The number of carbonyl (C=O) groups excluding carboxylic acids is 1. The van der Waals surface area contributed by atoms with E-state index in [0.717, 1.165) is 23.1 Å². The Kier molecular flexibility index (Phi) is 2.31. The predicted octanol–water partition coefficient (Wildman–Crippen LogP) is 2.62. The van der Waals surface area contributed by atoms with E-state index in [0.29, 0.717) is 5.90 Å². The number of aryl methyl sites for hydroxylation is 1. The van der Waals surface area contributed by atoms with Gasteiger partial charge in [-0.3, -0.25) is 4.79 Å². The fourth-order valence-electron chi connectivity index (χ4n) is 1.73. The van der Waals surface area contributed by atoms with Gasteiger partial charge in [-0.25, -0.2) is 4.99 Å². The molecule has 0 saturated carbocycles. The van der Waals surface area contributed by atoms with Crippen LogP contribution in [-0.2, 0) is 9.53 Å². The molecule has 78 valence electrons. The van der Waals surface area contributed by atoms with Crippen molar-refractivity contribution in [3.8, 4) is 0 Å². The molecule has 0 spiro atoms. The quantitative estimate of drug-likeness (QED) is 0.658. The zero-order valence-corrected chi connectivity index (χ0v) is 9.07. The van der Waals surface area contributed by atoms with Crippen LogP contribution in [0.3, 0.4) is 0 Å². The van der Waals surface area contributed by atoms with E-state index in [2.05, 4.69) is 4.99 Å². The maximum Gasteiger partial charge on any atom is 0.186 e. The third-order valence-corrected chi connectivity index (χ3v) is 2.73. The molecule has 2 rings (SSSR count). The highest BCUT2D eigenvalue weighted by atomic mass is 16.5. The van der Waals surface area contributed by atoms with E-state index in [-0.39, 0.29) is 0 Å². The number of aldehydes is 1. The molecular weight excluding hydrogens is 190 g/mol. The second-order valence-electron chi connectivity index (χ2n) is 3.75. The van der Waals surface area contributed by atoms with E-state index >= 15 is 0 Å². The lowest BCUT2D eigenvalue weighted by molar-refractivity contribution is -0.114. The van der Waals surface area contributed by atoms with E-state index in [1.807, 2.05) is 26.0 Å². The number of carbonyl (C=O) groups is 1. The van der Waals surface area contributed by atoms with Crippen molar-refractivity contribution in [2.24, 2.45) is 4.99 Å². The maximum absolute atomic E-state index is 10.9. The zero-order valence-electron chi connectivity index (χ0n) is 9.07. The minimum atomic E-state index is -0.503. The summed E-state index contributed by atoms with van der Waals surface area (Å²) in [6, 6.07) is 3.90. The van der Waals surface area contributed by atoms with Gasteiger partial charge in [-0.2, -0.15) is 0 Å². The van der Waals surface area contributed by atoms with E-state index < -0.39 is 6.10 Å². The molecular formula is C12H13NO2. The number of ether oxygens (including phenoxy) is 1. The summed E-state index contributed by atoms with van der Waals surface area (Å²) < 4.78 is 5.34. The Morgan fingerprint density at radius 2 is 2.07 bits per heavy atom. The molecule has 1 unspecified atom stereocenters. The van der Waals surface area contributed by atoms with Gasteiger partial charge in [0.1, 0.15) is 0 Å². The maximum atomic E-state index is 10.9. The summed E-state index contributed by atoms with van der Waals surface area (Å²) in [4.78, 5) is 15.2. The first kappa shape index (κ1) is 9.90. The van der Waals surface area contributed by atoms with Gasteiger partial charge in [-0.05, 0) is 25.0 Å². The van der Waals surface area contributed by atoms with Crippen LogP contribution in [-0.4, -0.2) is 12.2 Å². The summed E-state index contributed by atoms with van der Waals surface area (Å²) in [6.07, 6.45) is 0.308. The SMILES string of the molecule is CC1=Nc2c(ccc(C)c2C)C(C=O)O1. The standard InChI is InChI=1S/C12H13NO2/c1-7-4-5-10-11(6-14)15-9(3)13-12(10)8(7)2/h4-6,11H,1-3H3. The largest absolute Gasteiger partial charge is 0.465 e. The molecule has 3 heteroatoms. The summed E-state index contributed by atoms with van der Waals surface area (Å²) in [5.41, 5.74) is 4.04. The van der Waals surface area contributed by atoms with Crippen molar-refractivity contribution < 1.29 is 9.53 Å². The number of fused-ring (bicyclic) bond motifs is 1. The molecule has 1 heterocycles. The van der Waals surface area contributed by atoms with E-state index in [1.165, 1.54) is 5.56 Å². The Morgan fingerprint density at radius 3 is 2.73 bits per heavy atom. The van der Waals surface area contributed by atoms with Crippen molar-refractivity contribution in [3.05, 3.63) is 28.8 Å². The van der Waals surface area contributed by atoms with Crippen LogP contribution in [0.25, 0.3) is 0 Å². The molecule has 1 aromatic carbocycles. The van der Waals surface area contributed by atoms with Crippen LogP contribution in [0.15, 0.2) is 17.1 Å². The first-order valence-corrected chi connectivity index (χ1v) is 4.91. The minimum absolute atomic E-state index is 0.503. The van der Waals surface area contributed by atoms with Crippen LogP contribution < -0.4 is 0 Å². The number of rotatable bonds is 1. The van der Waals surface area contributed by atoms with Crippen molar-refractivity contribution in [2.45, 2.75) is 26.9 Å². The monoisotopic (exact) mass is 203 g/mol. The Hall–Kier alpha value is -1.64. The molecule has 0 amide bonds. The topological polar surface area (TPSA) is 38.7 Å². The average Bonchev–Trinajstić information content (AvgIpc) is 2.23. The Balaban J connectivity index is 2.66. The first-order chi connectivity index (χ1) is 7.13. The molecule has 0 N–H and O–H groups in total. The van der Waals surface area contributed by atoms with Gasteiger partial charge in [-0.15, -0.1) is 0 Å². The third-order valence-electron chi connectivity index (χ3n) is 2.73. The smallest absolute Gasteiger partial charge is 0.186 e. The van der Waals surface area contributed by atoms with Gasteiger partial charge in [0.25, 0.3) is 0 Å². The summed E-state index contributed by atoms with van der Waals surface area (Å²) in [5, 5.41) is 0. The highest BCUT2D eigenvalue weighted by Gasteiger charge is 2.23. The van der Waals surface area contributed by atoms with Crippen LogP contribution in [0.1, 0.15) is 29.7 Å². The summed E-state index contributed by atoms with van der Waals surface area (Å²) >= 11 is 0. The number of aliphatic imine (C=N–C) groups is 1. The Labute approximate surface area is 88.8 Å². The number of benzene rings is 1. The molecule has 0 aliphatic carbocycles. The lowest BCUT2D eigenvalue weighted by atomic mass is 9.99. The number of hydrogen-bond donors (Lipinski definition) is 0.